The summed E-state index contributed by atoms with van der Waals surface area (Å²) >= 11 is 0. The number of amides is 2. The highest BCUT2D eigenvalue weighted by Crippen LogP contribution is 2.31. The first-order valence-electron chi connectivity index (χ1n) is 11.8. The molecule has 1 N–H and O–H groups in total. The fourth-order valence-corrected chi connectivity index (χ4v) is 4.72. The van der Waals surface area contributed by atoms with E-state index in [1.165, 1.54) is 6.42 Å². The molecule has 172 valence electrons. The number of ether oxygens (including phenoxy) is 2. The minimum Gasteiger partial charge on any atom is -0.493 e. The molecular formula is C25H33N3O4. The first kappa shape index (κ1) is 22.4. The molecular weight excluding hydrogens is 406 g/mol. The van der Waals surface area contributed by atoms with E-state index in [1.54, 1.807) is 30.2 Å². The number of carbonyl (C=O) groups excluding carboxylic acids is 2. The molecule has 0 spiro atoms. The molecule has 2 fully saturated rings. The van der Waals surface area contributed by atoms with Gasteiger partial charge in [0.05, 0.1) is 7.11 Å². The third kappa shape index (κ3) is 5.14. The summed E-state index contributed by atoms with van der Waals surface area (Å²) < 4.78 is 11.2. The Bertz CT molecular complexity index is 924. The number of nitrogens with zero attached hydrogens (tertiary/aromatic N) is 2. The molecule has 1 aromatic carbocycles. The molecule has 0 radical (unpaired) electrons. The second-order valence-corrected chi connectivity index (χ2v) is 8.96. The summed E-state index contributed by atoms with van der Waals surface area (Å²) in [4.78, 5) is 31.5. The number of carbonyl (C=O) groups is 2. The predicted molar refractivity (Wildman–Crippen MR) is 124 cm³/mol. The molecule has 3 aliphatic rings. The van der Waals surface area contributed by atoms with E-state index in [1.807, 2.05) is 6.07 Å². The summed E-state index contributed by atoms with van der Waals surface area (Å²) in [6, 6.07) is 5.65. The molecule has 4 rings (SSSR count). The van der Waals surface area contributed by atoms with Crippen LogP contribution >= 0.6 is 0 Å². The Morgan fingerprint density at radius 3 is 2.84 bits per heavy atom. The minimum atomic E-state index is -0.114. The van der Waals surface area contributed by atoms with Crippen molar-refractivity contribution in [2.75, 3.05) is 20.3 Å². The van der Waals surface area contributed by atoms with Crippen LogP contribution in [0.15, 0.2) is 28.9 Å². The van der Waals surface area contributed by atoms with Crippen LogP contribution in [0, 0.1) is 5.92 Å². The average Bonchev–Trinajstić information content (AvgIpc) is 2.94. The molecule has 1 aromatic rings. The van der Waals surface area contributed by atoms with Gasteiger partial charge in [0.25, 0.3) is 11.8 Å². The quantitative estimate of drug-likeness (QED) is 0.681. The summed E-state index contributed by atoms with van der Waals surface area (Å²) in [7, 11) is 1.56. The van der Waals surface area contributed by atoms with Crippen LogP contribution in [0.25, 0.3) is 6.08 Å². The Balaban J connectivity index is 1.40. The molecule has 1 saturated carbocycles. The number of nitrogens with one attached hydrogen (secondary N) is 1. The van der Waals surface area contributed by atoms with Gasteiger partial charge in [-0.1, -0.05) is 32.3 Å². The smallest absolute Gasteiger partial charge is 0.277 e. The second kappa shape index (κ2) is 10.2. The largest absolute Gasteiger partial charge is 0.493 e. The van der Waals surface area contributed by atoms with Gasteiger partial charge >= 0.3 is 0 Å². The number of aliphatic imine (C=N–C) groups is 1. The van der Waals surface area contributed by atoms with Gasteiger partial charge in [0.15, 0.2) is 18.1 Å². The van der Waals surface area contributed by atoms with Gasteiger partial charge in [-0.25, -0.2) is 4.99 Å². The van der Waals surface area contributed by atoms with Crippen LogP contribution < -0.4 is 14.8 Å². The standard InChI is InChI=1S/C25H33N3O4/c1-17-8-5-6-9-19(17)27-24(29)16-32-21-12-11-18(15-22(21)31-2)14-20-25(30)28-13-7-3-4-10-23(28)26-20/h11-12,14-15,17,19H,3-10,13,16H2,1-2H3,(H,27,29)/b20-14+. The van der Waals surface area contributed by atoms with Gasteiger partial charge < -0.3 is 14.8 Å². The Hall–Kier alpha value is -2.83. The van der Waals surface area contributed by atoms with E-state index < -0.39 is 0 Å². The zero-order chi connectivity index (χ0) is 22.5. The lowest BCUT2D eigenvalue weighted by atomic mass is 9.86. The molecule has 1 aliphatic carbocycles. The van der Waals surface area contributed by atoms with Crippen molar-refractivity contribution in [3.8, 4) is 11.5 Å². The minimum absolute atomic E-state index is 0.0326. The van der Waals surface area contributed by atoms with Crippen molar-refractivity contribution in [3.05, 3.63) is 29.5 Å². The number of methoxy groups -OCH3 is 1. The number of rotatable bonds is 6. The van der Waals surface area contributed by atoms with Crippen molar-refractivity contribution in [2.24, 2.45) is 10.9 Å². The van der Waals surface area contributed by atoms with Crippen LogP contribution in [-0.2, 0) is 9.59 Å². The third-order valence-electron chi connectivity index (χ3n) is 6.62. The first-order chi connectivity index (χ1) is 15.5. The number of hydrogen-bond donors (Lipinski definition) is 1. The Morgan fingerprint density at radius 1 is 1.19 bits per heavy atom. The Kier molecular flexibility index (Phi) is 7.12. The van der Waals surface area contributed by atoms with Gasteiger partial charge in [-0.3, -0.25) is 14.5 Å². The summed E-state index contributed by atoms with van der Waals surface area (Å²) in [5.41, 5.74) is 1.26. The number of fused-ring (bicyclic) bond motifs is 1. The van der Waals surface area contributed by atoms with E-state index >= 15 is 0 Å². The maximum Gasteiger partial charge on any atom is 0.277 e. The lowest BCUT2D eigenvalue weighted by Crippen LogP contribution is -2.43. The summed E-state index contributed by atoms with van der Waals surface area (Å²) in [6.45, 7) is 2.88. The topological polar surface area (TPSA) is 80.2 Å². The van der Waals surface area contributed by atoms with E-state index in [2.05, 4.69) is 17.2 Å². The normalized spacial score (nSPS) is 24.6. The van der Waals surface area contributed by atoms with Crippen LogP contribution in [0.4, 0.5) is 0 Å². The fraction of sp³-hybridized carbons (Fsp3) is 0.560. The molecule has 0 bridgehead atoms. The molecule has 2 unspecified atom stereocenters. The maximum atomic E-state index is 12.7. The molecule has 2 aliphatic heterocycles. The molecule has 1 saturated heterocycles. The molecule has 32 heavy (non-hydrogen) atoms. The predicted octanol–water partition coefficient (Wildman–Crippen LogP) is 3.92. The average molecular weight is 440 g/mol. The van der Waals surface area contributed by atoms with E-state index in [9.17, 15) is 9.59 Å². The Morgan fingerprint density at radius 2 is 2.03 bits per heavy atom. The molecule has 2 atom stereocenters. The molecule has 2 heterocycles. The number of benzene rings is 1. The highest BCUT2D eigenvalue weighted by molar-refractivity contribution is 6.14. The van der Waals surface area contributed by atoms with Crippen molar-refractivity contribution in [1.82, 2.24) is 10.2 Å². The van der Waals surface area contributed by atoms with Crippen molar-refractivity contribution in [3.63, 3.8) is 0 Å². The van der Waals surface area contributed by atoms with Crippen LogP contribution in [0.3, 0.4) is 0 Å². The van der Waals surface area contributed by atoms with E-state index in [-0.39, 0.29) is 24.5 Å². The third-order valence-corrected chi connectivity index (χ3v) is 6.62. The fourth-order valence-electron chi connectivity index (χ4n) is 4.72. The van der Waals surface area contributed by atoms with E-state index in [4.69, 9.17) is 9.47 Å². The summed E-state index contributed by atoms with van der Waals surface area (Å²) in [5.74, 6) is 2.25. The zero-order valence-electron chi connectivity index (χ0n) is 19.1. The Labute approximate surface area is 189 Å². The van der Waals surface area contributed by atoms with Gasteiger partial charge in [-0.15, -0.1) is 0 Å². The van der Waals surface area contributed by atoms with E-state index in [0.717, 1.165) is 62.9 Å². The lowest BCUT2D eigenvalue weighted by Gasteiger charge is -2.29. The van der Waals surface area contributed by atoms with Crippen LogP contribution in [0.2, 0.25) is 0 Å². The van der Waals surface area contributed by atoms with Crippen molar-refractivity contribution < 1.29 is 19.1 Å². The number of amidine groups is 1. The number of hydrogen-bond acceptors (Lipinski definition) is 5. The highest BCUT2D eigenvalue weighted by Gasteiger charge is 2.30. The highest BCUT2D eigenvalue weighted by atomic mass is 16.5. The monoisotopic (exact) mass is 439 g/mol. The SMILES string of the molecule is COc1cc(/C=C2/N=C3CCCCCN3C2=O)ccc1OCC(=O)NC1CCCCC1C. The summed E-state index contributed by atoms with van der Waals surface area (Å²) in [5, 5.41) is 3.10. The van der Waals surface area contributed by atoms with E-state index in [0.29, 0.717) is 23.1 Å². The molecule has 2 amide bonds. The second-order valence-electron chi connectivity index (χ2n) is 8.96. The van der Waals surface area contributed by atoms with Crippen LogP contribution in [-0.4, -0.2) is 48.9 Å². The molecule has 7 heteroatoms. The van der Waals surface area contributed by atoms with Crippen molar-refractivity contribution in [1.29, 1.82) is 0 Å². The van der Waals surface area contributed by atoms with Gasteiger partial charge in [0.2, 0.25) is 0 Å². The van der Waals surface area contributed by atoms with Crippen molar-refractivity contribution >= 4 is 23.7 Å². The van der Waals surface area contributed by atoms with Crippen molar-refractivity contribution in [2.45, 2.75) is 64.3 Å². The summed E-state index contributed by atoms with van der Waals surface area (Å²) in [6.07, 6.45) is 10.4. The zero-order valence-corrected chi connectivity index (χ0v) is 19.1. The molecule has 7 nitrogen and oxygen atoms in total. The van der Waals surface area contributed by atoms with Crippen LogP contribution in [0.5, 0.6) is 11.5 Å². The molecule has 0 aromatic heterocycles. The first-order valence-corrected chi connectivity index (χ1v) is 11.8. The van der Waals surface area contributed by atoms with Gasteiger partial charge in [0, 0.05) is 19.0 Å². The van der Waals surface area contributed by atoms with Gasteiger partial charge in [-0.05, 0) is 55.4 Å². The lowest BCUT2D eigenvalue weighted by molar-refractivity contribution is -0.124. The maximum absolute atomic E-state index is 12.7. The van der Waals surface area contributed by atoms with Gasteiger partial charge in [0.1, 0.15) is 11.5 Å². The van der Waals surface area contributed by atoms with Crippen LogP contribution in [0.1, 0.15) is 63.9 Å². The van der Waals surface area contributed by atoms with Gasteiger partial charge in [-0.2, -0.15) is 0 Å².